The van der Waals surface area contributed by atoms with Crippen molar-refractivity contribution in [3.63, 3.8) is 0 Å². The van der Waals surface area contributed by atoms with Crippen molar-refractivity contribution in [2.75, 3.05) is 13.7 Å². The molecule has 0 saturated heterocycles. The minimum Gasteiger partial charge on any atom is -0.388 e. The molecule has 0 radical (unpaired) electrons. The summed E-state index contributed by atoms with van der Waals surface area (Å²) in [5.41, 5.74) is 7.85. The van der Waals surface area contributed by atoms with Crippen molar-refractivity contribution in [2.45, 2.75) is 38.4 Å². The number of rotatable bonds is 5. The molecule has 1 aliphatic carbocycles. The summed E-state index contributed by atoms with van der Waals surface area (Å²) in [7, 11) is 1.68. The van der Waals surface area contributed by atoms with Gasteiger partial charge in [0.05, 0.1) is 12.7 Å². The Hall–Kier alpha value is -0.900. The van der Waals surface area contributed by atoms with Crippen LogP contribution >= 0.6 is 0 Å². The summed E-state index contributed by atoms with van der Waals surface area (Å²) in [6, 6.07) is 7.96. The van der Waals surface area contributed by atoms with E-state index in [-0.39, 0.29) is 5.41 Å². The average Bonchev–Trinajstić information content (AvgIpc) is 2.89. The number of hydrogen-bond acceptors (Lipinski definition) is 3. The Balaban J connectivity index is 2.29. The molecule has 0 aromatic heterocycles. The Morgan fingerprint density at radius 2 is 2.00 bits per heavy atom. The molecule has 0 spiro atoms. The number of aliphatic hydroxyl groups excluding tert-OH is 1. The molecule has 18 heavy (non-hydrogen) atoms. The van der Waals surface area contributed by atoms with Gasteiger partial charge in [0.1, 0.15) is 0 Å². The first-order valence-electron chi connectivity index (χ1n) is 6.68. The summed E-state index contributed by atoms with van der Waals surface area (Å²) in [5.74, 6) is 0. The maximum atomic E-state index is 10.7. The molecule has 100 valence electrons. The molecular formula is C15H23NO2. The topological polar surface area (TPSA) is 55.5 Å². The van der Waals surface area contributed by atoms with Crippen LogP contribution in [0.25, 0.3) is 0 Å². The molecule has 1 fully saturated rings. The molecular weight excluding hydrogens is 226 g/mol. The zero-order chi connectivity index (χ0) is 13.0. The van der Waals surface area contributed by atoms with E-state index in [0.717, 1.165) is 24.0 Å². The maximum Gasteiger partial charge on any atom is 0.0861 e. The first kappa shape index (κ1) is 13.5. The minimum absolute atomic E-state index is 0.135. The van der Waals surface area contributed by atoms with Crippen molar-refractivity contribution < 1.29 is 9.84 Å². The van der Waals surface area contributed by atoms with Crippen molar-refractivity contribution in [1.82, 2.24) is 0 Å². The zero-order valence-corrected chi connectivity index (χ0v) is 11.1. The van der Waals surface area contributed by atoms with Gasteiger partial charge >= 0.3 is 0 Å². The molecule has 3 nitrogen and oxygen atoms in total. The second-order valence-corrected chi connectivity index (χ2v) is 5.31. The van der Waals surface area contributed by atoms with Gasteiger partial charge in [-0.15, -0.1) is 0 Å². The molecule has 3 heteroatoms. The normalized spacial score (nSPS) is 19.9. The van der Waals surface area contributed by atoms with Gasteiger partial charge in [-0.2, -0.15) is 0 Å². The number of ether oxygens (including phenoxy) is 1. The van der Waals surface area contributed by atoms with Gasteiger partial charge in [-0.3, -0.25) is 0 Å². The number of hydrogen-bond donors (Lipinski definition) is 2. The Labute approximate surface area is 109 Å². The molecule has 1 saturated carbocycles. The van der Waals surface area contributed by atoms with E-state index in [4.69, 9.17) is 10.5 Å². The van der Waals surface area contributed by atoms with Gasteiger partial charge in [0.15, 0.2) is 0 Å². The number of nitrogens with two attached hydrogens (primary N) is 1. The lowest BCUT2D eigenvalue weighted by atomic mass is 9.76. The van der Waals surface area contributed by atoms with Gasteiger partial charge in [0.2, 0.25) is 0 Å². The van der Waals surface area contributed by atoms with E-state index < -0.39 is 6.10 Å². The van der Waals surface area contributed by atoms with E-state index in [0.29, 0.717) is 13.2 Å². The Morgan fingerprint density at radius 1 is 1.33 bits per heavy atom. The molecule has 1 unspecified atom stereocenters. The van der Waals surface area contributed by atoms with Crippen LogP contribution in [0, 0.1) is 5.41 Å². The maximum absolute atomic E-state index is 10.7. The standard InChI is InChI=1S/C15H23NO2/c1-18-10-12-6-2-3-7-13(12)14(17)15(11-16)8-4-5-9-15/h2-3,6-7,14,17H,4-5,8-11,16H2,1H3. The van der Waals surface area contributed by atoms with Crippen molar-refractivity contribution in [1.29, 1.82) is 0 Å². The van der Waals surface area contributed by atoms with Crippen molar-refractivity contribution in [3.05, 3.63) is 35.4 Å². The molecule has 2 rings (SSSR count). The summed E-state index contributed by atoms with van der Waals surface area (Å²) in [6.07, 6.45) is 3.90. The fraction of sp³-hybridized carbons (Fsp3) is 0.600. The molecule has 0 amide bonds. The fourth-order valence-corrected chi connectivity index (χ4v) is 3.09. The highest BCUT2D eigenvalue weighted by atomic mass is 16.5. The summed E-state index contributed by atoms with van der Waals surface area (Å²) in [5, 5.41) is 10.7. The van der Waals surface area contributed by atoms with E-state index in [1.54, 1.807) is 7.11 Å². The lowest BCUT2D eigenvalue weighted by Crippen LogP contribution is -2.34. The van der Waals surface area contributed by atoms with Crippen LogP contribution in [0.1, 0.15) is 42.9 Å². The molecule has 1 aliphatic rings. The predicted molar refractivity (Wildman–Crippen MR) is 72.1 cm³/mol. The van der Waals surface area contributed by atoms with Crippen LogP contribution in [0.15, 0.2) is 24.3 Å². The lowest BCUT2D eigenvalue weighted by molar-refractivity contribution is 0.0312. The van der Waals surface area contributed by atoms with Gasteiger partial charge in [-0.25, -0.2) is 0 Å². The van der Waals surface area contributed by atoms with Crippen LogP contribution in [0.4, 0.5) is 0 Å². The second kappa shape index (κ2) is 5.83. The molecule has 0 aliphatic heterocycles. The van der Waals surface area contributed by atoms with Crippen LogP contribution in [0.2, 0.25) is 0 Å². The summed E-state index contributed by atoms with van der Waals surface area (Å²) < 4.78 is 5.21. The first-order chi connectivity index (χ1) is 8.73. The van der Waals surface area contributed by atoms with Crippen LogP contribution in [0.5, 0.6) is 0 Å². The highest BCUT2D eigenvalue weighted by molar-refractivity contribution is 5.30. The molecule has 1 atom stereocenters. The van der Waals surface area contributed by atoms with Crippen molar-refractivity contribution in [2.24, 2.45) is 11.1 Å². The zero-order valence-electron chi connectivity index (χ0n) is 11.1. The largest absolute Gasteiger partial charge is 0.388 e. The Bertz CT molecular complexity index is 386. The van der Waals surface area contributed by atoms with Gasteiger partial charge in [-0.1, -0.05) is 37.1 Å². The van der Waals surface area contributed by atoms with Crippen LogP contribution in [0.3, 0.4) is 0 Å². The number of methoxy groups -OCH3 is 1. The second-order valence-electron chi connectivity index (χ2n) is 5.31. The molecule has 1 aromatic carbocycles. The first-order valence-corrected chi connectivity index (χ1v) is 6.68. The van der Waals surface area contributed by atoms with Crippen molar-refractivity contribution >= 4 is 0 Å². The third kappa shape index (κ3) is 2.44. The van der Waals surface area contributed by atoms with Gasteiger partial charge in [-0.05, 0) is 24.0 Å². The Kier molecular flexibility index (Phi) is 4.38. The predicted octanol–water partition coefficient (Wildman–Crippen LogP) is 2.39. The average molecular weight is 249 g/mol. The van der Waals surface area contributed by atoms with Gasteiger partial charge < -0.3 is 15.6 Å². The summed E-state index contributed by atoms with van der Waals surface area (Å²) >= 11 is 0. The highest BCUT2D eigenvalue weighted by Gasteiger charge is 2.40. The van der Waals surface area contributed by atoms with Gasteiger partial charge in [0, 0.05) is 19.1 Å². The fourth-order valence-electron chi connectivity index (χ4n) is 3.09. The molecule has 0 bridgehead atoms. The Morgan fingerprint density at radius 3 is 2.61 bits per heavy atom. The minimum atomic E-state index is -0.476. The number of benzene rings is 1. The van der Waals surface area contributed by atoms with E-state index >= 15 is 0 Å². The monoisotopic (exact) mass is 249 g/mol. The SMILES string of the molecule is COCc1ccccc1C(O)C1(CN)CCCC1. The molecule has 3 N–H and O–H groups in total. The third-order valence-corrected chi connectivity index (χ3v) is 4.24. The van der Waals surface area contributed by atoms with E-state index in [1.165, 1.54) is 12.8 Å². The third-order valence-electron chi connectivity index (χ3n) is 4.24. The van der Waals surface area contributed by atoms with Crippen molar-refractivity contribution in [3.8, 4) is 0 Å². The highest BCUT2D eigenvalue weighted by Crippen LogP contribution is 2.47. The van der Waals surface area contributed by atoms with Gasteiger partial charge in [0.25, 0.3) is 0 Å². The van der Waals surface area contributed by atoms with E-state index in [9.17, 15) is 5.11 Å². The van der Waals surface area contributed by atoms with Crippen LogP contribution in [-0.4, -0.2) is 18.8 Å². The molecule has 1 aromatic rings. The van der Waals surface area contributed by atoms with Crippen LogP contribution < -0.4 is 5.73 Å². The smallest absolute Gasteiger partial charge is 0.0861 e. The summed E-state index contributed by atoms with van der Waals surface area (Å²) in [4.78, 5) is 0. The number of aliphatic hydroxyl groups is 1. The van der Waals surface area contributed by atoms with Crippen LogP contribution in [-0.2, 0) is 11.3 Å². The molecule has 0 heterocycles. The van der Waals surface area contributed by atoms with E-state index in [1.807, 2.05) is 24.3 Å². The van der Waals surface area contributed by atoms with E-state index in [2.05, 4.69) is 0 Å². The summed E-state index contributed by atoms with van der Waals surface area (Å²) in [6.45, 7) is 1.09. The quantitative estimate of drug-likeness (QED) is 0.842. The lowest BCUT2D eigenvalue weighted by Gasteiger charge is -2.34.